The van der Waals surface area contributed by atoms with E-state index in [1.807, 2.05) is 0 Å². The lowest BCUT2D eigenvalue weighted by molar-refractivity contribution is -0.144. The van der Waals surface area contributed by atoms with E-state index in [1.165, 1.54) is 22.3 Å². The summed E-state index contributed by atoms with van der Waals surface area (Å²) >= 11 is 0. The molecule has 4 heteroatoms. The highest BCUT2D eigenvalue weighted by atomic mass is 16.4. The van der Waals surface area contributed by atoms with Crippen molar-refractivity contribution in [1.29, 1.82) is 0 Å². The van der Waals surface area contributed by atoms with Crippen LogP contribution < -0.4 is 0 Å². The molecule has 0 aromatic heterocycles. The van der Waals surface area contributed by atoms with E-state index in [9.17, 15) is 19.8 Å². The summed E-state index contributed by atoms with van der Waals surface area (Å²) < 4.78 is 0. The molecule has 3 rings (SSSR count). The van der Waals surface area contributed by atoms with Gasteiger partial charge in [-0.2, -0.15) is 0 Å². The molecule has 2 saturated carbocycles. The van der Waals surface area contributed by atoms with Crippen LogP contribution in [0.15, 0.2) is 12.1 Å². The smallest absolute Gasteiger partial charge is 0.309 e. The third kappa shape index (κ3) is 5.21. The van der Waals surface area contributed by atoms with Crippen LogP contribution in [0.4, 0.5) is 0 Å². The van der Waals surface area contributed by atoms with E-state index in [1.54, 1.807) is 0 Å². The molecule has 1 aromatic rings. The predicted molar refractivity (Wildman–Crippen MR) is 114 cm³/mol. The Morgan fingerprint density at radius 3 is 1.83 bits per heavy atom. The van der Waals surface area contributed by atoms with Gasteiger partial charge in [0, 0.05) is 0 Å². The van der Waals surface area contributed by atoms with Crippen molar-refractivity contribution in [2.75, 3.05) is 0 Å². The molecule has 4 nitrogen and oxygen atoms in total. The first-order valence-corrected chi connectivity index (χ1v) is 11.3. The number of carboxylic acids is 2. The molecule has 0 radical (unpaired) electrons. The van der Waals surface area contributed by atoms with E-state index in [0.29, 0.717) is 0 Å². The number of benzene rings is 1. The SMILES string of the molecule is Cc1ccc(CCCCC2(C(=O)O)CC2)c(CCCCCC2(C(=O)O)CC2)c1C. The minimum atomic E-state index is -0.611. The van der Waals surface area contributed by atoms with Gasteiger partial charge in [0.05, 0.1) is 10.8 Å². The van der Waals surface area contributed by atoms with Gasteiger partial charge in [0.25, 0.3) is 0 Å². The van der Waals surface area contributed by atoms with Crippen LogP contribution in [0.3, 0.4) is 0 Å². The molecule has 0 atom stereocenters. The van der Waals surface area contributed by atoms with Gasteiger partial charge in [0.1, 0.15) is 0 Å². The fourth-order valence-electron chi connectivity index (χ4n) is 4.68. The Morgan fingerprint density at radius 1 is 0.793 bits per heavy atom. The maximum absolute atomic E-state index is 11.3. The summed E-state index contributed by atoms with van der Waals surface area (Å²) in [4.78, 5) is 22.6. The third-order valence-corrected chi connectivity index (χ3v) is 7.51. The van der Waals surface area contributed by atoms with E-state index in [2.05, 4.69) is 26.0 Å². The zero-order valence-electron chi connectivity index (χ0n) is 18.1. The molecule has 2 fully saturated rings. The van der Waals surface area contributed by atoms with Crippen molar-refractivity contribution in [2.24, 2.45) is 10.8 Å². The van der Waals surface area contributed by atoms with Crippen molar-refractivity contribution in [3.05, 3.63) is 34.4 Å². The second-order valence-electron chi connectivity index (χ2n) is 9.58. The van der Waals surface area contributed by atoms with Gasteiger partial charge in [-0.15, -0.1) is 0 Å². The fraction of sp³-hybridized carbons (Fsp3) is 0.680. The standard InChI is InChI=1S/C25H36O4/c1-18-10-11-20(8-5-7-13-25(16-17-25)23(28)29)21(19(18)2)9-4-3-6-12-24(14-15-24)22(26)27/h10-11H,3-9,12-17H2,1-2H3,(H,26,27)(H,28,29). The summed E-state index contributed by atoms with van der Waals surface area (Å²) in [5.41, 5.74) is 4.80. The van der Waals surface area contributed by atoms with Gasteiger partial charge >= 0.3 is 11.9 Å². The Labute approximate surface area is 174 Å². The lowest BCUT2D eigenvalue weighted by atomic mass is 9.89. The van der Waals surface area contributed by atoms with Crippen LogP contribution >= 0.6 is 0 Å². The van der Waals surface area contributed by atoms with Gasteiger partial charge < -0.3 is 10.2 Å². The lowest BCUT2D eigenvalue weighted by Crippen LogP contribution is -2.14. The maximum atomic E-state index is 11.3. The number of rotatable bonds is 13. The van der Waals surface area contributed by atoms with Crippen LogP contribution in [0.2, 0.25) is 0 Å². The third-order valence-electron chi connectivity index (χ3n) is 7.51. The molecule has 0 amide bonds. The predicted octanol–water partition coefficient (Wildman–Crippen LogP) is 5.85. The summed E-state index contributed by atoms with van der Waals surface area (Å²) in [5, 5.41) is 18.6. The van der Waals surface area contributed by atoms with Crippen molar-refractivity contribution < 1.29 is 19.8 Å². The second kappa shape index (κ2) is 8.89. The number of carbonyl (C=O) groups is 2. The van der Waals surface area contributed by atoms with Gasteiger partial charge in [0.15, 0.2) is 0 Å². The fourth-order valence-corrected chi connectivity index (χ4v) is 4.68. The molecule has 2 N–H and O–H groups in total. The second-order valence-corrected chi connectivity index (χ2v) is 9.58. The molecule has 0 heterocycles. The zero-order chi connectivity index (χ0) is 21.1. The van der Waals surface area contributed by atoms with Crippen molar-refractivity contribution in [3.8, 4) is 0 Å². The van der Waals surface area contributed by atoms with E-state index in [4.69, 9.17) is 0 Å². The van der Waals surface area contributed by atoms with Crippen molar-refractivity contribution >= 4 is 11.9 Å². The normalized spacial score (nSPS) is 18.4. The Kier molecular flexibility index (Phi) is 6.70. The quantitative estimate of drug-likeness (QED) is 0.407. The van der Waals surface area contributed by atoms with Crippen molar-refractivity contribution in [1.82, 2.24) is 0 Å². The highest BCUT2D eigenvalue weighted by Gasteiger charge is 2.49. The van der Waals surface area contributed by atoms with Gasteiger partial charge in [-0.1, -0.05) is 31.4 Å². The number of hydrogen-bond acceptors (Lipinski definition) is 2. The van der Waals surface area contributed by atoms with Crippen LogP contribution in [0, 0.1) is 24.7 Å². The van der Waals surface area contributed by atoms with E-state index >= 15 is 0 Å². The number of unbranched alkanes of at least 4 members (excludes halogenated alkanes) is 3. The number of aliphatic carboxylic acids is 2. The number of carboxylic acid groups (broad SMARTS) is 2. The first-order valence-electron chi connectivity index (χ1n) is 11.3. The Balaban J connectivity index is 1.46. The molecule has 0 bridgehead atoms. The van der Waals surface area contributed by atoms with Crippen LogP contribution in [0.5, 0.6) is 0 Å². The van der Waals surface area contributed by atoms with Crippen LogP contribution in [-0.4, -0.2) is 22.2 Å². The summed E-state index contributed by atoms with van der Waals surface area (Å²) in [6, 6.07) is 4.46. The molecule has 29 heavy (non-hydrogen) atoms. The zero-order valence-corrected chi connectivity index (χ0v) is 18.1. The van der Waals surface area contributed by atoms with Gasteiger partial charge in [-0.25, -0.2) is 0 Å². The Morgan fingerprint density at radius 2 is 1.31 bits per heavy atom. The number of hydrogen-bond donors (Lipinski definition) is 2. The molecule has 0 aliphatic heterocycles. The van der Waals surface area contributed by atoms with Crippen molar-refractivity contribution in [3.63, 3.8) is 0 Å². The van der Waals surface area contributed by atoms with E-state index in [0.717, 1.165) is 83.5 Å². The molecule has 2 aliphatic carbocycles. The first kappa shape index (κ1) is 21.9. The van der Waals surface area contributed by atoms with Gasteiger partial charge in [0.2, 0.25) is 0 Å². The van der Waals surface area contributed by atoms with Crippen LogP contribution in [-0.2, 0) is 22.4 Å². The topological polar surface area (TPSA) is 74.6 Å². The lowest BCUT2D eigenvalue weighted by Gasteiger charge is -2.16. The van der Waals surface area contributed by atoms with Gasteiger partial charge in [-0.3, -0.25) is 9.59 Å². The first-order chi connectivity index (χ1) is 13.8. The van der Waals surface area contributed by atoms with Gasteiger partial charge in [-0.05, 0) is 100 Å². The van der Waals surface area contributed by atoms with Crippen molar-refractivity contribution in [2.45, 2.75) is 97.3 Å². The summed E-state index contributed by atoms with van der Waals surface area (Å²) in [6.07, 6.45) is 12.3. The van der Waals surface area contributed by atoms with Crippen LogP contribution in [0.25, 0.3) is 0 Å². The van der Waals surface area contributed by atoms with E-state index < -0.39 is 17.4 Å². The summed E-state index contributed by atoms with van der Waals surface area (Å²) in [5.74, 6) is -1.22. The Bertz CT molecular complexity index is 756. The summed E-state index contributed by atoms with van der Waals surface area (Å²) in [7, 11) is 0. The molecule has 0 spiro atoms. The molecule has 0 saturated heterocycles. The van der Waals surface area contributed by atoms with Crippen LogP contribution in [0.1, 0.15) is 92.9 Å². The molecular weight excluding hydrogens is 364 g/mol. The minimum absolute atomic E-state index is 0.390. The van der Waals surface area contributed by atoms with E-state index in [-0.39, 0.29) is 5.41 Å². The summed E-state index contributed by atoms with van der Waals surface area (Å²) in [6.45, 7) is 4.37. The largest absolute Gasteiger partial charge is 0.481 e. The monoisotopic (exact) mass is 400 g/mol. The highest BCUT2D eigenvalue weighted by molar-refractivity contribution is 5.78. The molecular formula is C25H36O4. The average molecular weight is 401 g/mol. The minimum Gasteiger partial charge on any atom is -0.481 e. The molecule has 160 valence electrons. The number of aryl methyl sites for hydroxylation is 2. The Hall–Kier alpha value is -1.84. The maximum Gasteiger partial charge on any atom is 0.309 e. The highest BCUT2D eigenvalue weighted by Crippen LogP contribution is 2.50. The average Bonchev–Trinajstić information content (AvgIpc) is 3.58. The molecule has 0 unspecified atom stereocenters. The molecule has 1 aromatic carbocycles. The molecule has 2 aliphatic rings.